The quantitative estimate of drug-likeness (QED) is 0.931. The van der Waals surface area contributed by atoms with Crippen molar-refractivity contribution in [3.8, 4) is 0 Å². The highest BCUT2D eigenvalue weighted by molar-refractivity contribution is 9.10. The molecule has 1 saturated heterocycles. The second kappa shape index (κ2) is 5.60. The van der Waals surface area contributed by atoms with E-state index in [1.54, 1.807) is 6.07 Å². The SMILES string of the molecule is O=C(NCC1CCCO1)c1ccc(Br)cc1F. The molecule has 0 radical (unpaired) electrons. The Hall–Kier alpha value is -0.940. The minimum absolute atomic E-state index is 0.0613. The third-order valence-electron chi connectivity index (χ3n) is 2.69. The molecule has 1 amide bonds. The molecule has 1 unspecified atom stereocenters. The van der Waals surface area contributed by atoms with Gasteiger partial charge in [0.2, 0.25) is 0 Å². The smallest absolute Gasteiger partial charge is 0.254 e. The number of hydrogen-bond donors (Lipinski definition) is 1. The molecule has 2 rings (SSSR count). The van der Waals surface area contributed by atoms with Crippen LogP contribution in [-0.4, -0.2) is 25.2 Å². The largest absolute Gasteiger partial charge is 0.376 e. The monoisotopic (exact) mass is 301 g/mol. The van der Waals surface area contributed by atoms with Crippen molar-refractivity contribution in [3.63, 3.8) is 0 Å². The molecule has 5 heteroatoms. The number of halogens is 2. The summed E-state index contributed by atoms with van der Waals surface area (Å²) in [6, 6.07) is 4.38. The summed E-state index contributed by atoms with van der Waals surface area (Å²) < 4.78 is 19.5. The third kappa shape index (κ3) is 3.26. The number of nitrogens with one attached hydrogen (secondary N) is 1. The average Bonchev–Trinajstić information content (AvgIpc) is 2.78. The molecule has 1 fully saturated rings. The fraction of sp³-hybridized carbons (Fsp3) is 0.417. The van der Waals surface area contributed by atoms with Gasteiger partial charge in [-0.1, -0.05) is 15.9 Å². The second-order valence-corrected chi connectivity index (χ2v) is 4.88. The molecule has 1 aromatic rings. The van der Waals surface area contributed by atoms with Gasteiger partial charge in [-0.15, -0.1) is 0 Å². The van der Waals surface area contributed by atoms with Gasteiger partial charge in [-0.3, -0.25) is 4.79 Å². The van der Waals surface area contributed by atoms with Crippen molar-refractivity contribution in [2.45, 2.75) is 18.9 Å². The Morgan fingerprint density at radius 3 is 3.06 bits per heavy atom. The van der Waals surface area contributed by atoms with Crippen LogP contribution in [0.1, 0.15) is 23.2 Å². The van der Waals surface area contributed by atoms with E-state index in [-0.39, 0.29) is 11.7 Å². The Bertz CT molecular complexity index is 419. The molecule has 1 atom stereocenters. The third-order valence-corrected chi connectivity index (χ3v) is 3.18. The highest BCUT2D eigenvalue weighted by atomic mass is 79.9. The topological polar surface area (TPSA) is 38.3 Å². The van der Waals surface area contributed by atoms with Gasteiger partial charge in [0.15, 0.2) is 0 Å². The molecular formula is C12H13BrFNO2. The lowest BCUT2D eigenvalue weighted by atomic mass is 10.2. The number of benzene rings is 1. The maximum absolute atomic E-state index is 13.5. The maximum Gasteiger partial charge on any atom is 0.254 e. The van der Waals surface area contributed by atoms with Crippen LogP contribution >= 0.6 is 15.9 Å². The van der Waals surface area contributed by atoms with Crippen LogP contribution in [0, 0.1) is 5.82 Å². The predicted octanol–water partition coefficient (Wildman–Crippen LogP) is 2.50. The molecule has 1 N–H and O–H groups in total. The first kappa shape index (κ1) is 12.5. The zero-order valence-electron chi connectivity index (χ0n) is 9.21. The van der Waals surface area contributed by atoms with Gasteiger partial charge in [0.25, 0.3) is 5.91 Å². The number of carbonyl (C=O) groups is 1. The van der Waals surface area contributed by atoms with Gasteiger partial charge in [-0.05, 0) is 31.0 Å². The molecule has 1 heterocycles. The van der Waals surface area contributed by atoms with E-state index in [2.05, 4.69) is 21.2 Å². The van der Waals surface area contributed by atoms with Gasteiger partial charge in [0.1, 0.15) is 5.82 Å². The van der Waals surface area contributed by atoms with Crippen LogP contribution < -0.4 is 5.32 Å². The Morgan fingerprint density at radius 2 is 2.41 bits per heavy atom. The average molecular weight is 302 g/mol. The summed E-state index contributed by atoms with van der Waals surface area (Å²) in [7, 11) is 0. The molecule has 1 aromatic carbocycles. The number of carbonyl (C=O) groups excluding carboxylic acids is 1. The fourth-order valence-electron chi connectivity index (χ4n) is 1.78. The van der Waals surface area contributed by atoms with Crippen molar-refractivity contribution in [3.05, 3.63) is 34.1 Å². The van der Waals surface area contributed by atoms with Crippen LogP contribution in [0.25, 0.3) is 0 Å². The number of amides is 1. The van der Waals surface area contributed by atoms with E-state index in [0.29, 0.717) is 11.0 Å². The maximum atomic E-state index is 13.5. The van der Waals surface area contributed by atoms with Crippen LogP contribution in [0.3, 0.4) is 0 Å². The van der Waals surface area contributed by atoms with Crippen molar-refractivity contribution < 1.29 is 13.9 Å². The molecule has 17 heavy (non-hydrogen) atoms. The van der Waals surface area contributed by atoms with Crippen LogP contribution in [0.2, 0.25) is 0 Å². The van der Waals surface area contributed by atoms with E-state index >= 15 is 0 Å². The van der Waals surface area contributed by atoms with Crippen molar-refractivity contribution >= 4 is 21.8 Å². The Kier molecular flexibility index (Phi) is 4.12. The minimum Gasteiger partial charge on any atom is -0.376 e. The zero-order chi connectivity index (χ0) is 12.3. The summed E-state index contributed by atoms with van der Waals surface area (Å²) in [5.41, 5.74) is 0.0613. The summed E-state index contributed by atoms with van der Waals surface area (Å²) >= 11 is 3.15. The van der Waals surface area contributed by atoms with E-state index in [9.17, 15) is 9.18 Å². The lowest BCUT2D eigenvalue weighted by Gasteiger charge is -2.11. The van der Waals surface area contributed by atoms with Crippen molar-refractivity contribution in [2.75, 3.05) is 13.2 Å². The first-order valence-corrected chi connectivity index (χ1v) is 6.31. The molecule has 3 nitrogen and oxygen atoms in total. The Morgan fingerprint density at radius 1 is 1.59 bits per heavy atom. The van der Waals surface area contributed by atoms with E-state index in [1.165, 1.54) is 12.1 Å². The van der Waals surface area contributed by atoms with Gasteiger partial charge in [0.05, 0.1) is 11.7 Å². The van der Waals surface area contributed by atoms with E-state index in [1.807, 2.05) is 0 Å². The van der Waals surface area contributed by atoms with Gasteiger partial charge in [-0.2, -0.15) is 0 Å². The molecule has 0 spiro atoms. The van der Waals surface area contributed by atoms with Gasteiger partial charge < -0.3 is 10.1 Å². The first-order chi connectivity index (χ1) is 8.16. The van der Waals surface area contributed by atoms with Gasteiger partial charge in [-0.25, -0.2) is 4.39 Å². The number of rotatable bonds is 3. The first-order valence-electron chi connectivity index (χ1n) is 5.51. The number of hydrogen-bond acceptors (Lipinski definition) is 2. The standard InChI is InChI=1S/C12H13BrFNO2/c13-8-3-4-10(11(14)6-8)12(16)15-7-9-2-1-5-17-9/h3-4,6,9H,1-2,5,7H2,(H,15,16). The molecule has 1 aliphatic heterocycles. The van der Waals surface area contributed by atoms with Crippen LogP contribution in [0.5, 0.6) is 0 Å². The van der Waals surface area contributed by atoms with Crippen LogP contribution in [0.4, 0.5) is 4.39 Å². The fourth-order valence-corrected chi connectivity index (χ4v) is 2.11. The van der Waals surface area contributed by atoms with Gasteiger partial charge in [0, 0.05) is 17.6 Å². The molecule has 0 bridgehead atoms. The summed E-state index contributed by atoms with van der Waals surface area (Å²) in [6.07, 6.45) is 2.04. The van der Waals surface area contributed by atoms with Crippen molar-refractivity contribution in [1.82, 2.24) is 5.32 Å². The lowest BCUT2D eigenvalue weighted by Crippen LogP contribution is -2.32. The summed E-state index contributed by atoms with van der Waals surface area (Å²) in [5.74, 6) is -0.922. The Labute approximate surface area is 107 Å². The molecule has 92 valence electrons. The van der Waals surface area contributed by atoms with Crippen molar-refractivity contribution in [1.29, 1.82) is 0 Å². The summed E-state index contributed by atoms with van der Waals surface area (Å²) in [6.45, 7) is 1.18. The zero-order valence-corrected chi connectivity index (χ0v) is 10.8. The minimum atomic E-state index is -0.524. The van der Waals surface area contributed by atoms with Crippen LogP contribution in [0.15, 0.2) is 22.7 Å². The molecule has 1 aliphatic rings. The highest BCUT2D eigenvalue weighted by Gasteiger charge is 2.18. The van der Waals surface area contributed by atoms with E-state index in [0.717, 1.165) is 19.4 Å². The molecule has 0 aromatic heterocycles. The van der Waals surface area contributed by atoms with Crippen LogP contribution in [-0.2, 0) is 4.74 Å². The molecular weight excluding hydrogens is 289 g/mol. The second-order valence-electron chi connectivity index (χ2n) is 3.97. The normalized spacial score (nSPS) is 19.3. The Balaban J connectivity index is 1.94. The summed E-state index contributed by atoms with van der Waals surface area (Å²) in [4.78, 5) is 11.7. The highest BCUT2D eigenvalue weighted by Crippen LogP contribution is 2.15. The van der Waals surface area contributed by atoms with Gasteiger partial charge >= 0.3 is 0 Å². The number of ether oxygens (including phenoxy) is 1. The van der Waals surface area contributed by atoms with E-state index < -0.39 is 11.7 Å². The van der Waals surface area contributed by atoms with E-state index in [4.69, 9.17) is 4.74 Å². The molecule has 0 aliphatic carbocycles. The summed E-state index contributed by atoms with van der Waals surface area (Å²) in [5, 5.41) is 2.68. The molecule has 0 saturated carbocycles. The van der Waals surface area contributed by atoms with Crippen molar-refractivity contribution in [2.24, 2.45) is 0 Å². The predicted molar refractivity (Wildman–Crippen MR) is 65.4 cm³/mol. The lowest BCUT2D eigenvalue weighted by molar-refractivity contribution is 0.0854.